The van der Waals surface area contributed by atoms with Gasteiger partial charge in [-0.25, -0.2) is 4.79 Å². The third kappa shape index (κ3) is 1.30. The Balaban J connectivity index is 2.00. The van der Waals surface area contributed by atoms with Crippen LogP contribution in [0.3, 0.4) is 0 Å². The van der Waals surface area contributed by atoms with E-state index < -0.39 is 0 Å². The minimum atomic E-state index is -0.0144. The molecule has 2 saturated heterocycles. The summed E-state index contributed by atoms with van der Waals surface area (Å²) in [6.45, 7) is 3.74. The number of carbonyl (C=O) groups is 1. The van der Waals surface area contributed by atoms with Gasteiger partial charge in [-0.3, -0.25) is 0 Å². The minimum Gasteiger partial charge on any atom is -0.338 e. The third-order valence-corrected chi connectivity index (χ3v) is 2.53. The first-order valence-electron chi connectivity index (χ1n) is 4.08. The van der Waals surface area contributed by atoms with Gasteiger partial charge in [0.15, 0.2) is 0 Å². The Bertz CT molecular complexity index is 155. The maximum Gasteiger partial charge on any atom is 0.314 e. The average molecular weight is 155 g/mol. The van der Waals surface area contributed by atoms with E-state index in [2.05, 4.69) is 16.0 Å². The molecular weight excluding hydrogens is 142 g/mol. The summed E-state index contributed by atoms with van der Waals surface area (Å²) < 4.78 is 0. The SMILES string of the molecule is O=C1NCC2CNCC2CN1. The molecule has 62 valence electrons. The second kappa shape index (κ2) is 2.70. The second-order valence-electron chi connectivity index (χ2n) is 3.27. The van der Waals surface area contributed by atoms with Gasteiger partial charge < -0.3 is 16.0 Å². The Kier molecular flexibility index (Phi) is 1.69. The van der Waals surface area contributed by atoms with E-state index in [0.29, 0.717) is 11.8 Å². The summed E-state index contributed by atoms with van der Waals surface area (Å²) in [4.78, 5) is 10.9. The van der Waals surface area contributed by atoms with Crippen LogP contribution in [0.4, 0.5) is 4.79 Å². The van der Waals surface area contributed by atoms with Crippen molar-refractivity contribution < 1.29 is 4.79 Å². The van der Waals surface area contributed by atoms with Crippen molar-refractivity contribution in [2.75, 3.05) is 26.2 Å². The van der Waals surface area contributed by atoms with Crippen molar-refractivity contribution in [3.8, 4) is 0 Å². The van der Waals surface area contributed by atoms with E-state index in [0.717, 1.165) is 26.2 Å². The molecule has 0 aromatic rings. The molecular formula is C7H13N3O. The van der Waals surface area contributed by atoms with Crippen LogP contribution in [0.2, 0.25) is 0 Å². The van der Waals surface area contributed by atoms with Crippen LogP contribution in [0.1, 0.15) is 0 Å². The van der Waals surface area contributed by atoms with E-state index in [1.165, 1.54) is 0 Å². The molecule has 0 bridgehead atoms. The second-order valence-corrected chi connectivity index (χ2v) is 3.27. The molecule has 2 aliphatic rings. The molecule has 4 heteroatoms. The van der Waals surface area contributed by atoms with Gasteiger partial charge in [0.25, 0.3) is 0 Å². The predicted octanol–water partition coefficient (Wildman–Crippen LogP) is -0.865. The topological polar surface area (TPSA) is 53.2 Å². The van der Waals surface area contributed by atoms with Crippen molar-refractivity contribution in [1.82, 2.24) is 16.0 Å². The van der Waals surface area contributed by atoms with Crippen LogP contribution in [-0.4, -0.2) is 32.2 Å². The van der Waals surface area contributed by atoms with Gasteiger partial charge in [0.1, 0.15) is 0 Å². The van der Waals surface area contributed by atoms with Crippen molar-refractivity contribution in [2.24, 2.45) is 11.8 Å². The zero-order valence-electron chi connectivity index (χ0n) is 6.39. The molecule has 2 heterocycles. The molecule has 0 radical (unpaired) electrons. The summed E-state index contributed by atoms with van der Waals surface area (Å²) in [6.07, 6.45) is 0. The Morgan fingerprint density at radius 1 is 1.00 bits per heavy atom. The molecule has 2 rings (SSSR count). The summed E-state index contributed by atoms with van der Waals surface area (Å²) in [6, 6.07) is -0.0144. The Hall–Kier alpha value is -0.770. The van der Waals surface area contributed by atoms with Crippen molar-refractivity contribution in [2.45, 2.75) is 0 Å². The number of rotatable bonds is 0. The van der Waals surface area contributed by atoms with Crippen LogP contribution >= 0.6 is 0 Å². The molecule has 2 fully saturated rings. The lowest BCUT2D eigenvalue weighted by atomic mass is 9.97. The summed E-state index contributed by atoms with van der Waals surface area (Å²) in [5.74, 6) is 1.27. The molecule has 2 unspecified atom stereocenters. The van der Waals surface area contributed by atoms with Crippen molar-refractivity contribution in [1.29, 1.82) is 0 Å². The minimum absolute atomic E-state index is 0.0144. The van der Waals surface area contributed by atoms with Crippen LogP contribution in [0.5, 0.6) is 0 Å². The number of nitrogens with one attached hydrogen (secondary N) is 3. The fourth-order valence-electron chi connectivity index (χ4n) is 1.78. The monoisotopic (exact) mass is 155 g/mol. The molecule has 2 atom stereocenters. The molecule has 0 aromatic heterocycles. The van der Waals surface area contributed by atoms with Gasteiger partial charge in [-0.2, -0.15) is 0 Å². The Labute approximate surface area is 65.7 Å². The van der Waals surface area contributed by atoms with Crippen LogP contribution in [-0.2, 0) is 0 Å². The summed E-state index contributed by atoms with van der Waals surface area (Å²) in [5.41, 5.74) is 0. The van der Waals surface area contributed by atoms with Gasteiger partial charge in [0.2, 0.25) is 0 Å². The van der Waals surface area contributed by atoms with E-state index in [9.17, 15) is 4.79 Å². The van der Waals surface area contributed by atoms with E-state index in [1.54, 1.807) is 0 Å². The third-order valence-electron chi connectivity index (χ3n) is 2.53. The molecule has 2 aliphatic heterocycles. The Morgan fingerprint density at radius 3 is 2.09 bits per heavy atom. The Morgan fingerprint density at radius 2 is 1.55 bits per heavy atom. The smallest absolute Gasteiger partial charge is 0.314 e. The van der Waals surface area contributed by atoms with Gasteiger partial charge >= 0.3 is 6.03 Å². The maximum absolute atomic E-state index is 10.9. The number of amides is 2. The zero-order valence-corrected chi connectivity index (χ0v) is 6.39. The summed E-state index contributed by atoms with van der Waals surface area (Å²) in [7, 11) is 0. The first kappa shape index (κ1) is 6.91. The molecule has 0 aromatic carbocycles. The number of hydrogen-bond acceptors (Lipinski definition) is 2. The number of hydrogen-bond donors (Lipinski definition) is 3. The van der Waals surface area contributed by atoms with E-state index >= 15 is 0 Å². The number of urea groups is 1. The van der Waals surface area contributed by atoms with Crippen molar-refractivity contribution >= 4 is 6.03 Å². The fraction of sp³-hybridized carbons (Fsp3) is 0.857. The lowest BCUT2D eigenvalue weighted by molar-refractivity contribution is 0.242. The molecule has 0 spiro atoms. The predicted molar refractivity (Wildman–Crippen MR) is 41.3 cm³/mol. The van der Waals surface area contributed by atoms with Gasteiger partial charge in [-0.1, -0.05) is 0 Å². The highest BCUT2D eigenvalue weighted by Gasteiger charge is 2.29. The molecule has 4 nitrogen and oxygen atoms in total. The molecule has 0 aliphatic carbocycles. The van der Waals surface area contributed by atoms with Crippen molar-refractivity contribution in [3.05, 3.63) is 0 Å². The fourth-order valence-corrected chi connectivity index (χ4v) is 1.78. The largest absolute Gasteiger partial charge is 0.338 e. The average Bonchev–Trinajstić information content (AvgIpc) is 2.38. The molecule has 11 heavy (non-hydrogen) atoms. The first-order chi connectivity index (χ1) is 5.36. The highest BCUT2D eigenvalue weighted by atomic mass is 16.2. The van der Waals surface area contributed by atoms with Crippen LogP contribution < -0.4 is 16.0 Å². The highest BCUT2D eigenvalue weighted by molar-refractivity contribution is 5.74. The normalized spacial score (nSPS) is 36.9. The van der Waals surface area contributed by atoms with Gasteiger partial charge in [-0.15, -0.1) is 0 Å². The summed E-state index contributed by atoms with van der Waals surface area (Å²) in [5, 5.41) is 8.97. The molecule has 0 saturated carbocycles. The van der Waals surface area contributed by atoms with Crippen LogP contribution in [0.25, 0.3) is 0 Å². The lowest BCUT2D eigenvalue weighted by Crippen LogP contribution is -2.35. The van der Waals surface area contributed by atoms with Gasteiger partial charge in [0.05, 0.1) is 0 Å². The lowest BCUT2D eigenvalue weighted by Gasteiger charge is -2.11. The van der Waals surface area contributed by atoms with Crippen molar-refractivity contribution in [3.63, 3.8) is 0 Å². The summed E-state index contributed by atoms with van der Waals surface area (Å²) >= 11 is 0. The maximum atomic E-state index is 10.9. The van der Waals surface area contributed by atoms with Crippen LogP contribution in [0.15, 0.2) is 0 Å². The number of carbonyl (C=O) groups excluding carboxylic acids is 1. The zero-order chi connectivity index (χ0) is 7.68. The molecule has 3 N–H and O–H groups in total. The molecule has 2 amide bonds. The van der Waals surface area contributed by atoms with E-state index in [4.69, 9.17) is 0 Å². The van der Waals surface area contributed by atoms with E-state index in [-0.39, 0.29) is 6.03 Å². The van der Waals surface area contributed by atoms with Crippen LogP contribution in [0, 0.1) is 11.8 Å². The highest BCUT2D eigenvalue weighted by Crippen LogP contribution is 2.16. The van der Waals surface area contributed by atoms with Gasteiger partial charge in [-0.05, 0) is 11.8 Å². The first-order valence-corrected chi connectivity index (χ1v) is 4.08. The standard InChI is InChI=1S/C7H13N3O/c11-7-9-3-5-1-8-2-6(5)4-10-7/h5-6,8H,1-4H2,(H2,9,10,11). The number of fused-ring (bicyclic) bond motifs is 1. The van der Waals surface area contributed by atoms with E-state index in [1.807, 2.05) is 0 Å². The van der Waals surface area contributed by atoms with Gasteiger partial charge in [0, 0.05) is 26.2 Å². The quantitative estimate of drug-likeness (QED) is 0.426.